The molecule has 2 N–H and O–H groups in total. The summed E-state index contributed by atoms with van der Waals surface area (Å²) < 4.78 is 11.4. The molecule has 164 valence electrons. The van der Waals surface area contributed by atoms with Crippen molar-refractivity contribution in [3.63, 3.8) is 0 Å². The predicted octanol–water partition coefficient (Wildman–Crippen LogP) is 3.38. The van der Waals surface area contributed by atoms with Crippen LogP contribution in [-0.4, -0.2) is 37.5 Å². The predicted molar refractivity (Wildman–Crippen MR) is 120 cm³/mol. The molecule has 0 saturated carbocycles. The maximum atomic E-state index is 12.7. The van der Waals surface area contributed by atoms with Crippen LogP contribution in [0.2, 0.25) is 5.02 Å². The fourth-order valence-electron chi connectivity index (χ4n) is 3.10. The standard InChI is InChI=1S/C21H21BrClN3O5/c1-4-31-19-14(22)7-12(8-17(19)30-3)20(28)25-24-16-10-18(27)26(21(16)29)13-6-5-11(2)15(23)9-13/h5-9,16,24H,4,10H2,1-3H3,(H,25,28). The molecule has 0 radical (unpaired) electrons. The minimum Gasteiger partial charge on any atom is -0.493 e. The highest BCUT2D eigenvalue weighted by atomic mass is 79.9. The van der Waals surface area contributed by atoms with Crippen LogP contribution in [0.3, 0.4) is 0 Å². The Bertz CT molecular complexity index is 1050. The number of nitrogens with one attached hydrogen (secondary N) is 2. The fourth-order valence-corrected chi connectivity index (χ4v) is 3.83. The molecule has 2 aromatic rings. The number of hydrazine groups is 1. The molecule has 0 bridgehead atoms. The molecule has 1 atom stereocenters. The number of carbonyl (C=O) groups is 3. The monoisotopic (exact) mass is 509 g/mol. The number of aryl methyl sites for hydroxylation is 1. The lowest BCUT2D eigenvalue weighted by atomic mass is 10.2. The number of hydrogen-bond donors (Lipinski definition) is 2. The average molecular weight is 511 g/mol. The van der Waals surface area contributed by atoms with Gasteiger partial charge in [0.1, 0.15) is 6.04 Å². The number of amides is 3. The van der Waals surface area contributed by atoms with Crippen LogP contribution in [0.4, 0.5) is 5.69 Å². The molecule has 1 aliphatic heterocycles. The maximum Gasteiger partial charge on any atom is 0.265 e. The number of nitrogens with zero attached hydrogens (tertiary/aromatic N) is 1. The summed E-state index contributed by atoms with van der Waals surface area (Å²) in [6, 6.07) is 7.16. The van der Waals surface area contributed by atoms with Gasteiger partial charge in [0.15, 0.2) is 11.5 Å². The quantitative estimate of drug-likeness (QED) is 0.438. The van der Waals surface area contributed by atoms with Gasteiger partial charge < -0.3 is 9.47 Å². The van der Waals surface area contributed by atoms with Crippen molar-refractivity contribution in [1.29, 1.82) is 0 Å². The Labute approximate surface area is 192 Å². The molecule has 1 aliphatic rings. The van der Waals surface area contributed by atoms with Gasteiger partial charge in [-0.05, 0) is 59.6 Å². The summed E-state index contributed by atoms with van der Waals surface area (Å²) in [5, 5.41) is 0.456. The Morgan fingerprint density at radius 1 is 1.29 bits per heavy atom. The second kappa shape index (κ2) is 9.67. The third-order valence-corrected chi connectivity index (χ3v) is 5.70. The van der Waals surface area contributed by atoms with Crippen molar-refractivity contribution in [2.24, 2.45) is 0 Å². The van der Waals surface area contributed by atoms with Crippen molar-refractivity contribution in [3.8, 4) is 11.5 Å². The molecule has 8 nitrogen and oxygen atoms in total. The number of halogens is 2. The summed E-state index contributed by atoms with van der Waals surface area (Å²) in [6.45, 7) is 4.10. The van der Waals surface area contributed by atoms with Crippen LogP contribution in [0.5, 0.6) is 11.5 Å². The number of benzene rings is 2. The number of hydrogen-bond acceptors (Lipinski definition) is 6. The molecule has 3 amide bonds. The first-order chi connectivity index (χ1) is 14.8. The highest BCUT2D eigenvalue weighted by Crippen LogP contribution is 2.36. The van der Waals surface area contributed by atoms with Crippen molar-refractivity contribution >= 4 is 50.9 Å². The van der Waals surface area contributed by atoms with Crippen molar-refractivity contribution in [3.05, 3.63) is 51.0 Å². The molecule has 1 unspecified atom stereocenters. The molecule has 0 spiro atoms. The molecular formula is C21H21BrClN3O5. The van der Waals surface area contributed by atoms with E-state index in [1.54, 1.807) is 24.3 Å². The van der Waals surface area contributed by atoms with E-state index in [4.69, 9.17) is 21.1 Å². The second-order valence-electron chi connectivity index (χ2n) is 6.78. The van der Waals surface area contributed by atoms with Crippen LogP contribution in [0.15, 0.2) is 34.8 Å². The van der Waals surface area contributed by atoms with Gasteiger partial charge in [-0.2, -0.15) is 0 Å². The number of imide groups is 1. The van der Waals surface area contributed by atoms with Gasteiger partial charge in [0.05, 0.1) is 30.3 Å². The lowest BCUT2D eigenvalue weighted by Gasteiger charge is -2.17. The summed E-state index contributed by atoms with van der Waals surface area (Å²) in [5.74, 6) is -0.494. The van der Waals surface area contributed by atoms with Gasteiger partial charge >= 0.3 is 0 Å². The van der Waals surface area contributed by atoms with Crippen molar-refractivity contribution in [2.75, 3.05) is 18.6 Å². The van der Waals surface area contributed by atoms with Crippen LogP contribution in [0.25, 0.3) is 0 Å². The highest BCUT2D eigenvalue weighted by molar-refractivity contribution is 9.10. The zero-order valence-electron chi connectivity index (χ0n) is 17.1. The van der Waals surface area contributed by atoms with Gasteiger partial charge in [0.2, 0.25) is 5.91 Å². The smallest absolute Gasteiger partial charge is 0.265 e. The Balaban J connectivity index is 1.71. The van der Waals surface area contributed by atoms with E-state index in [1.165, 1.54) is 13.2 Å². The van der Waals surface area contributed by atoms with E-state index in [0.717, 1.165) is 10.5 Å². The molecule has 31 heavy (non-hydrogen) atoms. The molecular weight excluding hydrogens is 490 g/mol. The number of methoxy groups -OCH3 is 1. The molecule has 3 rings (SSSR count). The zero-order valence-corrected chi connectivity index (χ0v) is 19.5. The third kappa shape index (κ3) is 4.84. The minimum absolute atomic E-state index is 0.0963. The SMILES string of the molecule is CCOc1c(Br)cc(C(=O)NNC2CC(=O)N(c3ccc(C)c(Cl)c3)C2=O)cc1OC. The first-order valence-corrected chi connectivity index (χ1v) is 10.6. The average Bonchev–Trinajstić information content (AvgIpc) is 3.02. The lowest BCUT2D eigenvalue weighted by Crippen LogP contribution is -2.48. The van der Waals surface area contributed by atoms with Crippen molar-refractivity contribution in [2.45, 2.75) is 26.3 Å². The Morgan fingerprint density at radius 3 is 2.68 bits per heavy atom. The highest BCUT2D eigenvalue weighted by Gasteiger charge is 2.40. The fraction of sp³-hybridized carbons (Fsp3) is 0.286. The molecule has 2 aromatic carbocycles. The van der Waals surface area contributed by atoms with Crippen LogP contribution < -0.4 is 25.2 Å². The van der Waals surface area contributed by atoms with Gasteiger partial charge in [-0.1, -0.05) is 17.7 Å². The molecule has 0 aromatic heterocycles. The molecule has 1 fully saturated rings. The first-order valence-electron chi connectivity index (χ1n) is 9.46. The Hall–Kier alpha value is -2.62. The largest absolute Gasteiger partial charge is 0.493 e. The van der Waals surface area contributed by atoms with Gasteiger partial charge in [0.25, 0.3) is 11.8 Å². The number of rotatable bonds is 7. The van der Waals surface area contributed by atoms with Crippen LogP contribution in [0.1, 0.15) is 29.3 Å². The van der Waals surface area contributed by atoms with Gasteiger partial charge in [0, 0.05) is 10.6 Å². The van der Waals surface area contributed by atoms with Crippen molar-refractivity contribution in [1.82, 2.24) is 10.9 Å². The minimum atomic E-state index is -0.899. The van der Waals surface area contributed by atoms with E-state index in [9.17, 15) is 14.4 Å². The maximum absolute atomic E-state index is 12.7. The molecule has 0 aliphatic carbocycles. The van der Waals surface area contributed by atoms with E-state index in [-0.39, 0.29) is 17.9 Å². The second-order valence-corrected chi connectivity index (χ2v) is 8.04. The summed E-state index contributed by atoms with van der Waals surface area (Å²) in [5.41, 5.74) is 6.64. The summed E-state index contributed by atoms with van der Waals surface area (Å²) >= 11 is 9.48. The van der Waals surface area contributed by atoms with Crippen LogP contribution >= 0.6 is 27.5 Å². The van der Waals surface area contributed by atoms with E-state index in [2.05, 4.69) is 26.8 Å². The normalized spacial score (nSPS) is 15.9. The summed E-state index contributed by atoms with van der Waals surface area (Å²) in [4.78, 5) is 38.8. The van der Waals surface area contributed by atoms with Gasteiger partial charge in [-0.15, -0.1) is 0 Å². The van der Waals surface area contributed by atoms with Crippen molar-refractivity contribution < 1.29 is 23.9 Å². The third-order valence-electron chi connectivity index (χ3n) is 4.70. The summed E-state index contributed by atoms with van der Waals surface area (Å²) in [6.07, 6.45) is -0.0963. The Morgan fingerprint density at radius 2 is 2.03 bits per heavy atom. The molecule has 1 heterocycles. The van der Waals surface area contributed by atoms with E-state index >= 15 is 0 Å². The van der Waals surface area contributed by atoms with Crippen LogP contribution in [0, 0.1) is 6.92 Å². The number of anilines is 1. The summed E-state index contributed by atoms with van der Waals surface area (Å²) in [7, 11) is 1.47. The zero-order chi connectivity index (χ0) is 22.7. The molecule has 10 heteroatoms. The van der Waals surface area contributed by atoms with Crippen LogP contribution in [-0.2, 0) is 9.59 Å². The van der Waals surface area contributed by atoms with Gasteiger partial charge in [-0.25, -0.2) is 10.3 Å². The molecule has 1 saturated heterocycles. The first kappa shape index (κ1) is 23.1. The Kier molecular flexibility index (Phi) is 7.19. The van der Waals surface area contributed by atoms with E-state index in [1.807, 2.05) is 13.8 Å². The van der Waals surface area contributed by atoms with E-state index < -0.39 is 17.9 Å². The number of carbonyl (C=O) groups excluding carboxylic acids is 3. The van der Waals surface area contributed by atoms with Gasteiger partial charge in [-0.3, -0.25) is 19.8 Å². The topological polar surface area (TPSA) is 97.0 Å². The lowest BCUT2D eigenvalue weighted by molar-refractivity contribution is -0.121. The number of ether oxygens (including phenoxy) is 2. The van der Waals surface area contributed by atoms with E-state index in [0.29, 0.717) is 33.3 Å².